The first kappa shape index (κ1) is 43.7. The monoisotopic (exact) mass is 900 g/mol. The van der Waals surface area contributed by atoms with Crippen LogP contribution >= 0.6 is 25.8 Å². The third kappa shape index (κ3) is 9.25. The van der Waals surface area contributed by atoms with E-state index in [4.69, 9.17) is 44.0 Å². The van der Waals surface area contributed by atoms with Crippen LogP contribution in [0.5, 0.6) is 5.75 Å². The van der Waals surface area contributed by atoms with E-state index in [0.29, 0.717) is 5.56 Å². The molecule has 60 heavy (non-hydrogen) atoms. The predicted molar refractivity (Wildman–Crippen MR) is 209 cm³/mol. The maximum absolute atomic E-state index is 16.8. The molecule has 9 atom stereocenters. The van der Waals surface area contributed by atoms with Crippen molar-refractivity contribution in [2.45, 2.75) is 69.6 Å². The fourth-order valence-corrected chi connectivity index (χ4v) is 10.3. The van der Waals surface area contributed by atoms with Crippen molar-refractivity contribution in [1.82, 2.24) is 39.0 Å². The largest absolute Gasteiger partial charge is 0.474 e. The Morgan fingerprint density at radius 1 is 1.00 bits per heavy atom. The molecule has 2 saturated heterocycles. The zero-order valence-corrected chi connectivity index (χ0v) is 34.8. The fraction of sp³-hybridized carbons (Fsp3) is 0.485. The van der Waals surface area contributed by atoms with Crippen LogP contribution < -0.4 is 21.8 Å². The highest BCUT2D eigenvalue weighted by Crippen LogP contribution is 2.62. The first-order valence-corrected chi connectivity index (χ1v) is 22.8. The Morgan fingerprint density at radius 3 is 2.40 bits per heavy atom. The number of nitrogens with two attached hydrogens (primary N) is 2. The molecule has 0 aliphatic carbocycles. The quantitative estimate of drug-likeness (QED) is 0.103. The number of nitrogens with one attached hydrogen (secondary N) is 1. The normalized spacial score (nSPS) is 29.6. The Hall–Kier alpha value is -4.42. The molecular formula is C33H40F2N10O12P2S. The third-order valence-electron chi connectivity index (χ3n) is 9.26. The molecule has 22 nitrogen and oxygen atoms in total. The van der Waals surface area contributed by atoms with E-state index >= 15 is 8.78 Å². The summed E-state index contributed by atoms with van der Waals surface area (Å²) in [7, 11) is -4.26. The van der Waals surface area contributed by atoms with Gasteiger partial charge in [0.25, 0.3) is 12.1 Å². The second-order valence-electron chi connectivity index (χ2n) is 14.6. The molecule has 27 heteroatoms. The molecule has 4 aromatic heterocycles. The summed E-state index contributed by atoms with van der Waals surface area (Å²) >= 11 is 0.780. The number of methoxy groups -OCH3 is 1. The van der Waals surface area contributed by atoms with Crippen LogP contribution in [0.4, 0.5) is 20.5 Å². The van der Waals surface area contributed by atoms with Crippen LogP contribution in [-0.2, 0) is 47.5 Å². The number of esters is 1. The van der Waals surface area contributed by atoms with Crippen LogP contribution in [0.25, 0.3) is 22.3 Å². The first-order chi connectivity index (χ1) is 28.4. The number of H-pyrrole nitrogens is 1. The smallest absolute Gasteiger partial charge is 0.426 e. The molecule has 0 spiro atoms. The number of anilines is 2. The SMILES string of the molecule is CO[C@@H]1COP(=O)(SCc2ccc(OC(=O)C(C)(C)C)cc2)CO[C@H]2[C@@H](F)[C@H](n3cnc4c(N)ncnc43)O[C@@H]2COP(=O)(O)O[C@@H](n2cnc3c(=O)[nH]c(N)nc32)[C@@H]1F. The lowest BCUT2D eigenvalue weighted by Crippen LogP contribution is -2.38. The Balaban J connectivity index is 1.22. The van der Waals surface area contributed by atoms with Crippen molar-refractivity contribution in [3.05, 3.63) is 59.2 Å². The molecule has 0 amide bonds. The number of phosphoric ester groups is 1. The van der Waals surface area contributed by atoms with E-state index in [9.17, 15) is 23.6 Å². The number of halogens is 2. The lowest BCUT2D eigenvalue weighted by atomic mass is 9.97. The van der Waals surface area contributed by atoms with Crippen molar-refractivity contribution < 1.29 is 60.1 Å². The van der Waals surface area contributed by atoms with Gasteiger partial charge in [-0.25, -0.2) is 33.3 Å². The summed E-state index contributed by atoms with van der Waals surface area (Å²) in [4.78, 5) is 58.3. The highest BCUT2D eigenvalue weighted by atomic mass is 32.7. The number of phosphoric acid groups is 1. The number of ether oxygens (including phenoxy) is 4. The van der Waals surface area contributed by atoms with Crippen molar-refractivity contribution in [3.8, 4) is 5.75 Å². The average molecular weight is 901 g/mol. The number of alkyl halides is 2. The standard InChI is InChI=1S/C33H40F2N10O12P2S/c1-33(2,3)31(47)55-17-7-5-16(6-8-17)11-60-58(48)15-52-24-19(56-29(21(24)35)44-13-40-22-25(36)38-12-39-26(22)44)10-54-59(49,50)57-30(20(34)18(51-4)9-53-58)45-14-41-23-27(45)42-32(37)43-28(23)46/h5-8,12-14,18-21,24,29-30H,9-11,15H2,1-4H3,(H,49,50)(H2,36,38,39)(H3,37,42,43,46)/t18-,19-,20-,21-,24-,29-,30-,58?/m1/s1. The minimum absolute atomic E-state index is 0.00245. The van der Waals surface area contributed by atoms with Crippen molar-refractivity contribution in [1.29, 1.82) is 0 Å². The van der Waals surface area contributed by atoms with E-state index in [2.05, 4.69) is 29.9 Å². The summed E-state index contributed by atoms with van der Waals surface area (Å²) in [6.45, 7) is -0.682. The van der Waals surface area contributed by atoms with E-state index in [-0.39, 0.29) is 39.6 Å². The zero-order chi connectivity index (χ0) is 43.1. The lowest BCUT2D eigenvalue weighted by molar-refractivity contribution is -0.143. The topological polar surface area (TPSA) is 295 Å². The van der Waals surface area contributed by atoms with Crippen molar-refractivity contribution >= 4 is 65.8 Å². The van der Waals surface area contributed by atoms with E-state index in [1.165, 1.54) is 10.9 Å². The molecule has 7 rings (SSSR count). The summed E-state index contributed by atoms with van der Waals surface area (Å²) in [6.07, 6.45) is -10.6. The molecule has 2 aliphatic rings. The van der Waals surface area contributed by atoms with Gasteiger partial charge in [0.05, 0.1) is 31.3 Å². The molecule has 6 N–H and O–H groups in total. The number of carbonyl (C=O) groups is 1. The van der Waals surface area contributed by atoms with E-state index in [1.807, 2.05) is 0 Å². The third-order valence-corrected chi connectivity index (χ3v) is 14.3. The molecule has 2 fully saturated rings. The molecule has 0 bridgehead atoms. The van der Waals surface area contributed by atoms with Gasteiger partial charge in [-0.05, 0) is 38.5 Å². The van der Waals surface area contributed by atoms with Gasteiger partial charge < -0.3 is 39.8 Å². The van der Waals surface area contributed by atoms with Crippen LogP contribution in [0, 0.1) is 5.41 Å². The van der Waals surface area contributed by atoms with Crippen LogP contribution in [0.3, 0.4) is 0 Å². The van der Waals surface area contributed by atoms with Gasteiger partial charge in [-0.3, -0.25) is 37.3 Å². The number of hydrogen-bond acceptors (Lipinski definition) is 19. The molecule has 2 unspecified atom stereocenters. The molecule has 324 valence electrons. The second-order valence-corrected chi connectivity index (χ2v) is 20.7. The summed E-state index contributed by atoms with van der Waals surface area (Å²) in [5.74, 6) is -0.541. The Bertz CT molecular complexity index is 2520. The van der Waals surface area contributed by atoms with E-state index < -0.39 is 100.0 Å². The van der Waals surface area contributed by atoms with Gasteiger partial charge in [0.15, 0.2) is 47.4 Å². The molecule has 2 aliphatic heterocycles. The molecule has 1 aromatic carbocycles. The maximum atomic E-state index is 16.8. The van der Waals surface area contributed by atoms with E-state index in [1.54, 1.807) is 45.0 Å². The predicted octanol–water partition coefficient (Wildman–Crippen LogP) is 3.80. The highest BCUT2D eigenvalue weighted by Gasteiger charge is 2.50. The molecule has 5 aromatic rings. The minimum Gasteiger partial charge on any atom is -0.426 e. The number of rotatable bonds is 7. The van der Waals surface area contributed by atoms with Gasteiger partial charge in [0, 0.05) is 12.9 Å². The van der Waals surface area contributed by atoms with Gasteiger partial charge in [-0.1, -0.05) is 23.5 Å². The number of benzene rings is 1. The van der Waals surface area contributed by atoms with Crippen molar-refractivity contribution in [2.75, 3.05) is 38.1 Å². The van der Waals surface area contributed by atoms with Gasteiger partial charge in [0.1, 0.15) is 42.3 Å². The number of hydrogen-bond donors (Lipinski definition) is 4. The average Bonchev–Trinajstić information content (AvgIpc) is 3.90. The van der Waals surface area contributed by atoms with Crippen LogP contribution in [0.15, 0.2) is 48.0 Å². The number of fused-ring (bicyclic) bond motifs is 3. The molecule has 0 radical (unpaired) electrons. The molecule has 6 heterocycles. The van der Waals surface area contributed by atoms with Crippen molar-refractivity contribution in [3.63, 3.8) is 0 Å². The Labute approximate surface area is 342 Å². The summed E-state index contributed by atoms with van der Waals surface area (Å²) in [6, 6.07) is 6.37. The van der Waals surface area contributed by atoms with Gasteiger partial charge in [-0.15, -0.1) is 0 Å². The van der Waals surface area contributed by atoms with Crippen LogP contribution in [0.2, 0.25) is 0 Å². The molecule has 0 saturated carbocycles. The fourth-order valence-electron chi connectivity index (χ4n) is 6.07. The summed E-state index contributed by atoms with van der Waals surface area (Å²) in [5, 5.41) is 0. The number of carbonyl (C=O) groups excluding carboxylic acids is 1. The Morgan fingerprint density at radius 2 is 1.70 bits per heavy atom. The number of aromatic nitrogens is 8. The number of imidazole rings is 2. The summed E-state index contributed by atoms with van der Waals surface area (Å²) in [5.41, 5.74) is 10.3. The summed E-state index contributed by atoms with van der Waals surface area (Å²) < 4.78 is 103. The van der Waals surface area contributed by atoms with Crippen LogP contribution in [-0.4, -0.2) is 107 Å². The second kappa shape index (κ2) is 17.2. The maximum Gasteiger partial charge on any atom is 0.474 e. The van der Waals surface area contributed by atoms with Gasteiger partial charge in [-0.2, -0.15) is 4.98 Å². The lowest BCUT2D eigenvalue weighted by Gasteiger charge is -2.31. The van der Waals surface area contributed by atoms with Gasteiger partial charge >= 0.3 is 13.8 Å². The van der Waals surface area contributed by atoms with Gasteiger partial charge in [0.2, 0.25) is 5.95 Å². The van der Waals surface area contributed by atoms with E-state index in [0.717, 1.165) is 35.7 Å². The first-order valence-electron chi connectivity index (χ1n) is 17.9. The number of nitrogen functional groups attached to an aromatic ring is 2. The number of nitrogens with zero attached hydrogens (tertiary/aromatic N) is 7. The highest BCUT2D eigenvalue weighted by molar-refractivity contribution is 8.56. The zero-order valence-electron chi connectivity index (χ0n) is 32.2. The Kier molecular flexibility index (Phi) is 12.5. The minimum atomic E-state index is -5.35. The molecular weight excluding hydrogens is 860 g/mol. The van der Waals surface area contributed by atoms with Crippen LogP contribution in [0.1, 0.15) is 38.8 Å². The number of aromatic amines is 1. The van der Waals surface area contributed by atoms with Crippen molar-refractivity contribution in [2.24, 2.45) is 5.41 Å².